The number of rotatable bonds is 8. The van der Waals surface area contributed by atoms with Crippen molar-refractivity contribution in [1.29, 1.82) is 0 Å². The summed E-state index contributed by atoms with van der Waals surface area (Å²) < 4.78 is 0. The Morgan fingerprint density at radius 3 is 1.44 bits per heavy atom. The van der Waals surface area contributed by atoms with Crippen LogP contribution in [0.2, 0.25) is 0 Å². The van der Waals surface area contributed by atoms with Crippen LogP contribution in [0.15, 0.2) is 54.6 Å². The van der Waals surface area contributed by atoms with Crippen LogP contribution >= 0.6 is 0 Å². The molecule has 0 aliphatic carbocycles. The molecule has 2 aromatic carbocycles. The van der Waals surface area contributed by atoms with Crippen LogP contribution in [0.3, 0.4) is 0 Å². The van der Waals surface area contributed by atoms with Crippen molar-refractivity contribution in [2.24, 2.45) is 17.8 Å². The van der Waals surface area contributed by atoms with Gasteiger partial charge in [0.05, 0.1) is 0 Å². The second-order valence-corrected chi connectivity index (χ2v) is 18.4. The van der Waals surface area contributed by atoms with Gasteiger partial charge in [-0.25, -0.2) is 0 Å². The summed E-state index contributed by atoms with van der Waals surface area (Å²) in [5.74, 6) is -5.76. The van der Waals surface area contributed by atoms with Crippen molar-refractivity contribution in [3.05, 3.63) is 65.7 Å². The van der Waals surface area contributed by atoms with Crippen molar-refractivity contribution in [3.8, 4) is 5.75 Å². The van der Waals surface area contributed by atoms with Gasteiger partial charge in [-0.05, 0) is 80.0 Å². The lowest BCUT2D eigenvalue weighted by molar-refractivity contribution is -0.143. The number of nitrogens with one attached hydrogen (secondary N) is 6. The zero-order valence-corrected chi connectivity index (χ0v) is 38.0. The number of phenols is 1. The normalized spacial score (nSPS) is 27.3. The van der Waals surface area contributed by atoms with Crippen molar-refractivity contribution in [2.45, 2.75) is 142 Å². The van der Waals surface area contributed by atoms with Crippen LogP contribution in [0, 0.1) is 17.8 Å². The molecule has 348 valence electrons. The van der Waals surface area contributed by atoms with E-state index in [1.807, 2.05) is 32.0 Å². The highest BCUT2D eigenvalue weighted by Crippen LogP contribution is 2.23. The van der Waals surface area contributed by atoms with E-state index in [0.29, 0.717) is 24.8 Å². The summed E-state index contributed by atoms with van der Waals surface area (Å²) in [6.45, 7) is 12.6. The highest BCUT2D eigenvalue weighted by molar-refractivity contribution is 5.99. The molecule has 0 saturated carbocycles. The quantitative estimate of drug-likeness (QED) is 0.203. The molecule has 0 radical (unpaired) electrons. The molecule has 17 nitrogen and oxygen atoms in total. The first kappa shape index (κ1) is 49.0. The predicted octanol–water partition coefficient (Wildman–Crippen LogP) is 1.46. The molecule has 0 unspecified atom stereocenters. The maximum Gasteiger partial charge on any atom is 0.246 e. The molecule has 0 spiro atoms. The fourth-order valence-corrected chi connectivity index (χ4v) is 8.60. The van der Waals surface area contributed by atoms with Gasteiger partial charge in [-0.15, -0.1) is 0 Å². The van der Waals surface area contributed by atoms with Crippen LogP contribution in [0.4, 0.5) is 0 Å². The molecule has 3 aliphatic heterocycles. The molecule has 3 saturated heterocycles. The van der Waals surface area contributed by atoms with Crippen molar-refractivity contribution in [2.75, 3.05) is 13.1 Å². The lowest BCUT2D eigenvalue weighted by Crippen LogP contribution is -2.62. The smallest absolute Gasteiger partial charge is 0.246 e. The topological polar surface area (TPSA) is 235 Å². The predicted molar refractivity (Wildman–Crippen MR) is 238 cm³/mol. The number of aromatic hydroxyl groups is 1. The average Bonchev–Trinajstić information content (AvgIpc) is 3.95. The number of carbonyl (C=O) groups excluding carboxylic acids is 8. The van der Waals surface area contributed by atoms with Crippen LogP contribution in [0.5, 0.6) is 5.75 Å². The molecular formula is C47H66N8O9. The summed E-state index contributed by atoms with van der Waals surface area (Å²) in [6, 6.07) is 6.41. The van der Waals surface area contributed by atoms with E-state index in [2.05, 4.69) is 31.9 Å². The minimum Gasteiger partial charge on any atom is -0.508 e. The first-order valence-electron chi connectivity index (χ1n) is 22.6. The van der Waals surface area contributed by atoms with Crippen LogP contribution in [-0.2, 0) is 51.2 Å². The third-order valence-electron chi connectivity index (χ3n) is 12.2. The Bertz CT molecular complexity index is 2010. The summed E-state index contributed by atoms with van der Waals surface area (Å²) >= 11 is 0. The van der Waals surface area contributed by atoms with Gasteiger partial charge in [0.2, 0.25) is 47.3 Å². The number of benzene rings is 2. The van der Waals surface area contributed by atoms with E-state index in [1.165, 1.54) is 28.9 Å². The van der Waals surface area contributed by atoms with Gasteiger partial charge in [-0.1, -0.05) is 84.0 Å². The van der Waals surface area contributed by atoms with E-state index < -0.39 is 107 Å². The number of nitrogens with zero attached hydrogens (tertiary/aromatic N) is 2. The molecule has 2 aromatic rings. The molecule has 8 amide bonds. The Hall–Kier alpha value is -6.00. The molecule has 3 fully saturated rings. The van der Waals surface area contributed by atoms with Crippen molar-refractivity contribution in [1.82, 2.24) is 41.7 Å². The van der Waals surface area contributed by atoms with Gasteiger partial charge in [0.15, 0.2) is 0 Å². The number of carbonyl (C=O) groups is 8. The third kappa shape index (κ3) is 12.6. The van der Waals surface area contributed by atoms with E-state index in [-0.39, 0.29) is 50.4 Å². The average molecular weight is 887 g/mol. The van der Waals surface area contributed by atoms with E-state index in [0.717, 1.165) is 5.56 Å². The standard InChI is InChI=1S/C47H66N8O9/c1-26(2)23-33-41(58)51-35(25-31-17-19-32(56)20-18-31)47(64)55-22-12-15-36(55)42(59)52-38(27(3)4)44(61)48-29(7)40(57)50-34(24-30-13-9-8-10-14-30)46(63)54-21-11-16-37(54)43(60)53-39(28(5)6)45(62)49-33/h8-10,13-14,17-20,26-29,33-39,56H,11-12,15-16,21-25H2,1-7H3,(H,48,61)(H,49,62)(H,50,57)(H,51,58)(H,52,59)(H,53,60)/t29-,33-,34-,35-,36-,37-,38-,39-/m0/s1. The van der Waals surface area contributed by atoms with Crippen molar-refractivity contribution < 1.29 is 43.5 Å². The number of phenolic OH excluding ortho intramolecular Hbond substituents is 1. The largest absolute Gasteiger partial charge is 0.508 e. The van der Waals surface area contributed by atoms with Gasteiger partial charge in [-0.3, -0.25) is 38.4 Å². The molecule has 0 bridgehead atoms. The fraction of sp³-hybridized carbons (Fsp3) is 0.574. The van der Waals surface area contributed by atoms with Crippen molar-refractivity contribution >= 4 is 47.3 Å². The first-order valence-corrected chi connectivity index (χ1v) is 22.6. The Kier molecular flexibility index (Phi) is 16.9. The molecule has 7 N–H and O–H groups in total. The van der Waals surface area contributed by atoms with Gasteiger partial charge in [0.25, 0.3) is 0 Å². The van der Waals surface area contributed by atoms with E-state index in [9.17, 15) is 43.5 Å². The molecule has 5 rings (SSSR count). The third-order valence-corrected chi connectivity index (χ3v) is 12.2. The zero-order valence-electron chi connectivity index (χ0n) is 38.0. The van der Waals surface area contributed by atoms with Crippen molar-refractivity contribution in [3.63, 3.8) is 0 Å². The SMILES string of the molecule is CC(C)C[C@@H]1NC(=O)[C@H](C(C)C)NC(=O)[C@@H]2CCCN2C(=O)[C@H](Cc2ccccc2)NC(=O)[C@H](C)NC(=O)[C@H](C(C)C)NC(=O)[C@@H]2CCCN2C(=O)[C@H](Cc2ccc(O)cc2)NC1=O. The Morgan fingerprint density at radius 1 is 0.531 bits per heavy atom. The van der Waals surface area contributed by atoms with Crippen LogP contribution < -0.4 is 31.9 Å². The Labute approximate surface area is 375 Å². The van der Waals surface area contributed by atoms with Crippen LogP contribution in [0.1, 0.15) is 91.7 Å². The maximum absolute atomic E-state index is 14.6. The van der Waals surface area contributed by atoms with Gasteiger partial charge < -0.3 is 46.8 Å². The summed E-state index contributed by atoms with van der Waals surface area (Å²) in [5.41, 5.74) is 1.36. The second-order valence-electron chi connectivity index (χ2n) is 18.4. The van der Waals surface area contributed by atoms with Gasteiger partial charge in [0, 0.05) is 25.9 Å². The number of fused-ring (bicyclic) bond motifs is 2. The van der Waals surface area contributed by atoms with E-state index >= 15 is 0 Å². The molecule has 0 aromatic heterocycles. The Morgan fingerprint density at radius 2 is 0.969 bits per heavy atom. The molecule has 64 heavy (non-hydrogen) atoms. The molecule has 17 heteroatoms. The van der Waals surface area contributed by atoms with Gasteiger partial charge >= 0.3 is 0 Å². The summed E-state index contributed by atoms with van der Waals surface area (Å²) in [7, 11) is 0. The zero-order chi connectivity index (χ0) is 46.8. The van der Waals surface area contributed by atoms with E-state index in [4.69, 9.17) is 0 Å². The highest BCUT2D eigenvalue weighted by atomic mass is 16.3. The monoisotopic (exact) mass is 886 g/mol. The lowest BCUT2D eigenvalue weighted by Gasteiger charge is -2.33. The van der Waals surface area contributed by atoms with Crippen LogP contribution in [-0.4, -0.2) is 124 Å². The minimum atomic E-state index is -1.21. The Balaban J connectivity index is 1.53. The molecule has 8 atom stereocenters. The first-order chi connectivity index (χ1) is 30.3. The number of hydrogen-bond acceptors (Lipinski definition) is 9. The fourth-order valence-electron chi connectivity index (χ4n) is 8.60. The minimum absolute atomic E-state index is 0.00822. The number of hydrogen-bond donors (Lipinski definition) is 7. The second kappa shape index (κ2) is 22.1. The summed E-state index contributed by atoms with van der Waals surface area (Å²) in [6.07, 6.45) is 1.80. The van der Waals surface area contributed by atoms with Crippen LogP contribution in [0.25, 0.3) is 0 Å². The van der Waals surface area contributed by atoms with E-state index in [1.54, 1.807) is 52.0 Å². The van der Waals surface area contributed by atoms with Gasteiger partial charge in [-0.2, -0.15) is 0 Å². The summed E-state index contributed by atoms with van der Waals surface area (Å²) in [5, 5.41) is 26.8. The maximum atomic E-state index is 14.6. The number of amides is 8. The van der Waals surface area contributed by atoms with Gasteiger partial charge in [0.1, 0.15) is 54.1 Å². The molecule has 3 aliphatic rings. The molecule has 3 heterocycles. The molecular weight excluding hydrogens is 821 g/mol. The highest BCUT2D eigenvalue weighted by Gasteiger charge is 2.43. The summed E-state index contributed by atoms with van der Waals surface area (Å²) in [4.78, 5) is 116. The lowest BCUT2D eigenvalue weighted by atomic mass is 9.98.